The summed E-state index contributed by atoms with van der Waals surface area (Å²) < 4.78 is 0. The first-order valence-corrected chi connectivity index (χ1v) is 11.9. The molecule has 13 heteroatoms. The predicted molar refractivity (Wildman–Crippen MR) is 133 cm³/mol. The second-order valence-electron chi connectivity index (χ2n) is 8.97. The maximum absolute atomic E-state index is 13.2. The third-order valence-corrected chi connectivity index (χ3v) is 5.92. The molecule has 1 rings (SSSR count). The minimum atomic E-state index is -1.34. The standard InChI is InChI=1S/C24H37N5O8/c1-4-12(2)20(24(36)37)29-21(33)16(9-10-18(25)32)27-22(34)17(28-23(35)19(26)13(3)30)11-14-5-7-15(31)8-6-14/h5-8,12-13,16-17,19-20,30-31H,4,9-11,26H2,1-3H3,(H2,25,32)(H,27,34)(H,28,35)(H,29,33)(H,36,37). The zero-order valence-corrected chi connectivity index (χ0v) is 21.1. The van der Waals surface area contributed by atoms with E-state index in [2.05, 4.69) is 16.0 Å². The van der Waals surface area contributed by atoms with Crippen LogP contribution < -0.4 is 27.4 Å². The van der Waals surface area contributed by atoms with Gasteiger partial charge in [-0.3, -0.25) is 19.2 Å². The van der Waals surface area contributed by atoms with Crippen molar-refractivity contribution in [2.24, 2.45) is 17.4 Å². The topological polar surface area (TPSA) is 234 Å². The molecule has 0 aliphatic rings. The molecule has 1 aromatic rings. The van der Waals surface area contributed by atoms with E-state index >= 15 is 0 Å². The molecule has 37 heavy (non-hydrogen) atoms. The Morgan fingerprint density at radius 3 is 1.95 bits per heavy atom. The van der Waals surface area contributed by atoms with Gasteiger partial charge in [-0.15, -0.1) is 0 Å². The lowest BCUT2D eigenvalue weighted by Gasteiger charge is -2.26. The van der Waals surface area contributed by atoms with Crippen molar-refractivity contribution < 1.29 is 39.3 Å². The van der Waals surface area contributed by atoms with Gasteiger partial charge in [0.25, 0.3) is 0 Å². The van der Waals surface area contributed by atoms with Gasteiger partial charge in [0.2, 0.25) is 23.6 Å². The number of aliphatic carboxylic acids is 1. The summed E-state index contributed by atoms with van der Waals surface area (Å²) in [6.45, 7) is 4.71. The fourth-order valence-electron chi connectivity index (χ4n) is 3.33. The molecule has 13 nitrogen and oxygen atoms in total. The van der Waals surface area contributed by atoms with Crippen LogP contribution >= 0.6 is 0 Å². The molecule has 0 aliphatic carbocycles. The lowest BCUT2D eigenvalue weighted by atomic mass is 9.98. The Bertz CT molecular complexity index is 953. The zero-order valence-electron chi connectivity index (χ0n) is 21.1. The number of carbonyl (C=O) groups is 5. The van der Waals surface area contributed by atoms with E-state index in [1.54, 1.807) is 13.8 Å². The molecular weight excluding hydrogens is 486 g/mol. The molecule has 0 radical (unpaired) electrons. The molecule has 6 unspecified atom stereocenters. The average molecular weight is 524 g/mol. The van der Waals surface area contributed by atoms with Crippen LogP contribution in [0.3, 0.4) is 0 Å². The van der Waals surface area contributed by atoms with Gasteiger partial charge in [-0.1, -0.05) is 32.4 Å². The Hall–Kier alpha value is -3.71. The summed E-state index contributed by atoms with van der Waals surface area (Å²) in [6, 6.07) is 0.647. The van der Waals surface area contributed by atoms with Crippen LogP contribution in [0.25, 0.3) is 0 Å². The number of amides is 4. The number of primary amides is 1. The van der Waals surface area contributed by atoms with Crippen molar-refractivity contribution in [3.05, 3.63) is 29.8 Å². The molecule has 0 saturated carbocycles. The van der Waals surface area contributed by atoms with Crippen LogP contribution in [0.15, 0.2) is 24.3 Å². The molecule has 1 aromatic carbocycles. The van der Waals surface area contributed by atoms with Gasteiger partial charge in [-0.2, -0.15) is 0 Å². The number of nitrogens with one attached hydrogen (secondary N) is 3. The summed E-state index contributed by atoms with van der Waals surface area (Å²) in [7, 11) is 0. The van der Waals surface area contributed by atoms with Gasteiger partial charge in [0, 0.05) is 12.8 Å². The number of benzene rings is 1. The summed E-state index contributed by atoms with van der Waals surface area (Å²) >= 11 is 0. The van der Waals surface area contributed by atoms with Crippen molar-refractivity contribution in [2.75, 3.05) is 0 Å². The number of phenolic OH excluding ortho intramolecular Hbond substituents is 1. The fraction of sp³-hybridized carbons (Fsp3) is 0.542. The summed E-state index contributed by atoms with van der Waals surface area (Å²) in [5.41, 5.74) is 11.4. The van der Waals surface area contributed by atoms with Crippen molar-refractivity contribution in [1.82, 2.24) is 16.0 Å². The molecule has 0 aromatic heterocycles. The summed E-state index contributed by atoms with van der Waals surface area (Å²) in [5, 5.41) is 35.9. The first kappa shape index (κ1) is 31.3. The van der Waals surface area contributed by atoms with Crippen LogP contribution in [0.2, 0.25) is 0 Å². The first-order chi connectivity index (χ1) is 17.3. The number of aliphatic hydroxyl groups excluding tert-OH is 1. The molecule has 4 amide bonds. The van der Waals surface area contributed by atoms with Gasteiger partial charge in [-0.05, 0) is 37.0 Å². The largest absolute Gasteiger partial charge is 0.508 e. The second-order valence-corrected chi connectivity index (χ2v) is 8.97. The van der Waals surface area contributed by atoms with E-state index < -0.39 is 65.8 Å². The van der Waals surface area contributed by atoms with Gasteiger partial charge in [0.15, 0.2) is 0 Å². The molecule has 0 fully saturated rings. The lowest BCUT2D eigenvalue weighted by Crippen LogP contribution is -2.59. The van der Waals surface area contributed by atoms with Crippen LogP contribution in [-0.2, 0) is 30.4 Å². The molecular formula is C24H37N5O8. The van der Waals surface area contributed by atoms with Gasteiger partial charge in [-0.25, -0.2) is 4.79 Å². The van der Waals surface area contributed by atoms with Crippen LogP contribution in [0.1, 0.15) is 45.6 Å². The number of hydrogen-bond donors (Lipinski definition) is 8. The monoisotopic (exact) mass is 523 g/mol. The maximum atomic E-state index is 13.2. The Labute approximate surface area is 215 Å². The van der Waals surface area contributed by atoms with Crippen LogP contribution in [0.4, 0.5) is 0 Å². The third-order valence-electron chi connectivity index (χ3n) is 5.92. The Morgan fingerprint density at radius 2 is 1.46 bits per heavy atom. The Morgan fingerprint density at radius 1 is 0.919 bits per heavy atom. The smallest absolute Gasteiger partial charge is 0.326 e. The Balaban J connectivity index is 3.19. The highest BCUT2D eigenvalue weighted by Gasteiger charge is 2.32. The number of carbonyl (C=O) groups excluding carboxylic acids is 4. The molecule has 0 aliphatic heterocycles. The summed E-state index contributed by atoms with van der Waals surface area (Å²) in [6.07, 6.45) is -1.31. The predicted octanol–water partition coefficient (Wildman–Crippen LogP) is -1.51. The van der Waals surface area contributed by atoms with Crippen LogP contribution in [-0.4, -0.2) is 75.2 Å². The number of carboxylic acids is 1. The number of hydrogen-bond acceptors (Lipinski definition) is 8. The third kappa shape index (κ3) is 10.4. The molecule has 10 N–H and O–H groups in total. The number of rotatable bonds is 15. The number of aliphatic hydroxyl groups is 1. The van der Waals surface area contributed by atoms with Crippen molar-refractivity contribution >= 4 is 29.6 Å². The van der Waals surface area contributed by atoms with Crippen LogP contribution in [0.5, 0.6) is 5.75 Å². The van der Waals surface area contributed by atoms with E-state index in [0.29, 0.717) is 12.0 Å². The van der Waals surface area contributed by atoms with Crippen molar-refractivity contribution in [3.8, 4) is 5.75 Å². The van der Waals surface area contributed by atoms with E-state index in [-0.39, 0.29) is 25.0 Å². The van der Waals surface area contributed by atoms with Gasteiger partial charge >= 0.3 is 5.97 Å². The van der Waals surface area contributed by atoms with E-state index in [1.807, 2.05) is 0 Å². The van der Waals surface area contributed by atoms with Crippen molar-refractivity contribution in [2.45, 2.75) is 76.7 Å². The fourth-order valence-corrected chi connectivity index (χ4v) is 3.33. The molecule has 0 bridgehead atoms. The highest BCUT2D eigenvalue weighted by atomic mass is 16.4. The van der Waals surface area contributed by atoms with E-state index in [4.69, 9.17) is 11.5 Å². The first-order valence-electron chi connectivity index (χ1n) is 11.9. The van der Waals surface area contributed by atoms with E-state index in [1.165, 1.54) is 31.2 Å². The zero-order chi connectivity index (χ0) is 28.3. The Kier molecular flexibility index (Phi) is 12.5. The summed E-state index contributed by atoms with van der Waals surface area (Å²) in [5.74, 6) is -4.90. The number of carboxylic acid groups (broad SMARTS) is 1. The minimum Gasteiger partial charge on any atom is -0.508 e. The molecule has 0 heterocycles. The van der Waals surface area contributed by atoms with E-state index in [0.717, 1.165) is 0 Å². The quantitative estimate of drug-likeness (QED) is 0.133. The van der Waals surface area contributed by atoms with Crippen molar-refractivity contribution in [1.29, 1.82) is 0 Å². The number of phenols is 1. The SMILES string of the molecule is CCC(C)C(NC(=O)C(CCC(N)=O)NC(=O)C(Cc1ccc(O)cc1)NC(=O)C(N)C(C)O)C(=O)O. The molecule has 6 atom stereocenters. The second kappa shape index (κ2) is 14.8. The maximum Gasteiger partial charge on any atom is 0.326 e. The van der Waals surface area contributed by atoms with Gasteiger partial charge in [0.1, 0.15) is 29.9 Å². The van der Waals surface area contributed by atoms with Crippen LogP contribution in [0, 0.1) is 5.92 Å². The van der Waals surface area contributed by atoms with E-state index in [9.17, 15) is 39.3 Å². The minimum absolute atomic E-state index is 0.0117. The average Bonchev–Trinajstić information content (AvgIpc) is 2.84. The molecule has 0 spiro atoms. The highest BCUT2D eigenvalue weighted by Crippen LogP contribution is 2.13. The molecule has 206 valence electrons. The van der Waals surface area contributed by atoms with Crippen molar-refractivity contribution in [3.63, 3.8) is 0 Å². The number of nitrogens with two attached hydrogens (primary N) is 2. The number of aromatic hydroxyl groups is 1. The summed E-state index contributed by atoms with van der Waals surface area (Å²) in [4.78, 5) is 61.7. The normalized spacial score (nSPS) is 15.8. The molecule has 0 saturated heterocycles. The van der Waals surface area contributed by atoms with Gasteiger partial charge in [0.05, 0.1) is 6.10 Å². The highest BCUT2D eigenvalue weighted by molar-refractivity contribution is 5.94. The van der Waals surface area contributed by atoms with Gasteiger partial charge < -0.3 is 42.7 Å². The lowest BCUT2D eigenvalue weighted by molar-refractivity contribution is -0.144.